The fourth-order valence-electron chi connectivity index (χ4n) is 12.3. The molecule has 0 heterocycles. The normalized spacial score (nSPS) is 17.8. The summed E-state index contributed by atoms with van der Waals surface area (Å²) in [7, 11) is 1.61. The van der Waals surface area contributed by atoms with E-state index in [4.69, 9.17) is 14.2 Å². The van der Waals surface area contributed by atoms with Crippen LogP contribution in [0.15, 0.2) is 66.7 Å². The van der Waals surface area contributed by atoms with Crippen molar-refractivity contribution in [3.8, 4) is 17.2 Å². The quantitative estimate of drug-likeness (QED) is 0.0188. The molecule has 3 saturated carbocycles. The van der Waals surface area contributed by atoms with E-state index in [9.17, 15) is 59.4 Å². The van der Waals surface area contributed by atoms with E-state index in [1.165, 1.54) is 134 Å². The van der Waals surface area contributed by atoms with E-state index >= 15 is 0 Å². The highest BCUT2D eigenvalue weighted by Gasteiger charge is 2.54. The number of hydrogen-bond acceptors (Lipinski definition) is 12. The second-order valence-electron chi connectivity index (χ2n) is 25.1. The van der Waals surface area contributed by atoms with Crippen LogP contribution in [0.4, 0.5) is 0 Å². The molecule has 0 radical (unpaired) electrons. The van der Waals surface area contributed by atoms with Crippen molar-refractivity contribution in [1.29, 1.82) is 0 Å². The minimum atomic E-state index is -1.68. The molecule has 3 aliphatic rings. The number of carboxylic acids is 6. The second-order valence-corrected chi connectivity index (χ2v) is 25.1. The molecule has 89 heavy (non-hydrogen) atoms. The molecule has 0 amide bonds. The topological polar surface area (TPSA) is 288 Å². The Morgan fingerprint density at radius 3 is 1.07 bits per heavy atom. The fraction of sp³-hybridized carbons (Fsp3) is 0.662. The van der Waals surface area contributed by atoms with Crippen molar-refractivity contribution in [1.82, 2.24) is 16.0 Å². The molecule has 3 aromatic rings. The third-order valence-corrected chi connectivity index (χ3v) is 18.3. The monoisotopic (exact) mass is 1240 g/mol. The zero-order chi connectivity index (χ0) is 64.9. The van der Waals surface area contributed by atoms with Gasteiger partial charge in [0.1, 0.15) is 5.75 Å². The first kappa shape index (κ1) is 75.2. The van der Waals surface area contributed by atoms with Gasteiger partial charge in [0.05, 0.1) is 20.3 Å². The number of hydrogen-bond donors (Lipinski definition) is 9. The predicted molar refractivity (Wildman–Crippen MR) is 346 cm³/mol. The summed E-state index contributed by atoms with van der Waals surface area (Å²) < 4.78 is 17.2. The van der Waals surface area contributed by atoms with Crippen molar-refractivity contribution in [2.75, 3.05) is 20.3 Å². The summed E-state index contributed by atoms with van der Waals surface area (Å²) in [4.78, 5) is 68.5. The van der Waals surface area contributed by atoms with Crippen LogP contribution in [0.25, 0.3) is 0 Å². The molecule has 498 valence electrons. The number of carbonyl (C=O) groups is 6. The molecule has 3 aliphatic carbocycles. The standard InChI is InChI=1S/C24H37NO6.C24H37NO4.C23H35NO5/c1-3-4-5-6-7-8-9-14-31-20-11-10-18(15-21(20)30-2)17-25-19-12-13-24(16-19,22(26)27)23(28)29;1-2-3-4-5-6-7-8-9-10-19-11-13-20(14-12-19)18-25-21-15-16-24(17-21,22(26)27)23(28)29;1-2-3-4-5-6-7-8-15-29-20-11-9-18(10-12-20)17-24-19-13-14-23(16-19,21(25)26)22(27)28/h10-11,15,19,25H,3-9,12-14,16-17H2,1-2H3,(H,26,27)(H,28,29);11-14,21,25H,2-10,15-18H2,1H3,(H,26,27)(H,28,29);9-12,19,24H,2-8,13-17H2,1H3,(H,25,26)(H,27,28). The number of methoxy groups -OCH3 is 1. The molecule has 18 heteroatoms. The number of rotatable bonds is 43. The molecule has 18 nitrogen and oxygen atoms in total. The summed E-state index contributed by atoms with van der Waals surface area (Å²) in [5, 5.41) is 65.8. The van der Waals surface area contributed by atoms with E-state index < -0.39 is 52.1 Å². The summed E-state index contributed by atoms with van der Waals surface area (Å²) in [6, 6.07) is 21.9. The number of ether oxygens (including phenoxy) is 3. The van der Waals surface area contributed by atoms with E-state index in [0.29, 0.717) is 57.0 Å². The van der Waals surface area contributed by atoms with E-state index in [0.717, 1.165) is 48.3 Å². The van der Waals surface area contributed by atoms with Gasteiger partial charge in [-0.3, -0.25) is 28.8 Å². The number of unbranched alkanes of at least 4 members (excludes halogenated alkanes) is 19. The summed E-state index contributed by atoms with van der Waals surface area (Å²) in [5.41, 5.74) is -0.407. The first-order chi connectivity index (χ1) is 42.9. The van der Waals surface area contributed by atoms with Crippen molar-refractivity contribution in [2.24, 2.45) is 16.2 Å². The van der Waals surface area contributed by atoms with Gasteiger partial charge in [-0.15, -0.1) is 0 Å². The third-order valence-electron chi connectivity index (χ3n) is 18.3. The second kappa shape index (κ2) is 41.2. The Kier molecular flexibility index (Phi) is 34.8. The Balaban J connectivity index is 0.000000286. The number of benzene rings is 3. The van der Waals surface area contributed by atoms with Crippen molar-refractivity contribution >= 4 is 35.8 Å². The largest absolute Gasteiger partial charge is 0.494 e. The third kappa shape index (κ3) is 25.5. The van der Waals surface area contributed by atoms with Crippen molar-refractivity contribution in [3.05, 3.63) is 89.0 Å². The highest BCUT2D eigenvalue weighted by molar-refractivity contribution is 5.99. The average Bonchev–Trinajstić information content (AvgIpc) is 1.97. The Bertz CT molecular complexity index is 2400. The first-order valence-corrected chi connectivity index (χ1v) is 33.6. The predicted octanol–water partition coefficient (Wildman–Crippen LogP) is 14.4. The van der Waals surface area contributed by atoms with E-state index in [1.54, 1.807) is 7.11 Å². The van der Waals surface area contributed by atoms with Gasteiger partial charge in [0, 0.05) is 37.8 Å². The number of aryl methyl sites for hydroxylation is 1. The summed E-state index contributed by atoms with van der Waals surface area (Å²) in [5.74, 6) is -5.20. The SMILES string of the molecule is CCCCCCCCCCc1ccc(CNC2CCC(C(=O)O)(C(=O)O)C2)cc1.CCCCCCCCCOc1ccc(CNC2CCC(C(=O)O)(C(=O)O)C2)cc1.CCCCCCCCCOc1ccc(CNC2CCC(C(=O)O)(C(=O)O)C2)cc1OC. The molecule has 3 fully saturated rings. The van der Waals surface area contributed by atoms with E-state index in [2.05, 4.69) is 61.0 Å². The molecule has 0 aliphatic heterocycles. The van der Waals surface area contributed by atoms with Crippen LogP contribution in [-0.2, 0) is 54.8 Å². The molecule has 3 aromatic carbocycles. The lowest BCUT2D eigenvalue weighted by Crippen LogP contribution is -2.39. The molecular weight excluding hydrogens is 1130 g/mol. The Hall–Kier alpha value is -6.24. The zero-order valence-electron chi connectivity index (χ0n) is 54.1. The smallest absolute Gasteiger partial charge is 0.321 e. The molecule has 3 unspecified atom stereocenters. The van der Waals surface area contributed by atoms with Gasteiger partial charge in [-0.2, -0.15) is 0 Å². The Labute approximate surface area is 530 Å². The Morgan fingerprint density at radius 2 is 0.708 bits per heavy atom. The summed E-state index contributed by atoms with van der Waals surface area (Å²) in [6.07, 6.45) is 31.7. The number of nitrogens with one attached hydrogen (secondary N) is 3. The minimum Gasteiger partial charge on any atom is -0.494 e. The van der Waals surface area contributed by atoms with Crippen molar-refractivity contribution < 1.29 is 73.6 Å². The van der Waals surface area contributed by atoms with Gasteiger partial charge in [0.2, 0.25) is 0 Å². The fourth-order valence-corrected chi connectivity index (χ4v) is 12.3. The van der Waals surface area contributed by atoms with Crippen LogP contribution < -0.4 is 30.2 Å². The molecular formula is C71H109N3O15. The molecule has 0 aromatic heterocycles. The lowest BCUT2D eigenvalue weighted by Gasteiger charge is -2.19. The molecule has 0 saturated heterocycles. The molecule has 0 bridgehead atoms. The molecule has 3 atom stereocenters. The van der Waals surface area contributed by atoms with E-state index in [1.807, 2.05) is 42.5 Å². The maximum atomic E-state index is 11.5. The van der Waals surface area contributed by atoms with Crippen molar-refractivity contribution in [2.45, 2.75) is 264 Å². The van der Waals surface area contributed by atoms with Crippen LogP contribution in [0.2, 0.25) is 0 Å². The van der Waals surface area contributed by atoms with Crippen LogP contribution in [-0.4, -0.2) is 105 Å². The number of carboxylic acid groups (broad SMARTS) is 6. The minimum absolute atomic E-state index is 0.0702. The van der Waals surface area contributed by atoms with Gasteiger partial charge in [-0.1, -0.05) is 185 Å². The van der Waals surface area contributed by atoms with Crippen LogP contribution >= 0.6 is 0 Å². The van der Waals surface area contributed by atoms with Crippen LogP contribution in [0.3, 0.4) is 0 Å². The molecule has 6 rings (SSSR count). The van der Waals surface area contributed by atoms with Crippen LogP contribution in [0.1, 0.15) is 242 Å². The van der Waals surface area contributed by atoms with Gasteiger partial charge < -0.3 is 60.8 Å². The highest BCUT2D eigenvalue weighted by Crippen LogP contribution is 2.41. The maximum Gasteiger partial charge on any atom is 0.321 e. The number of aliphatic carboxylic acids is 6. The van der Waals surface area contributed by atoms with Crippen molar-refractivity contribution in [3.63, 3.8) is 0 Å². The van der Waals surface area contributed by atoms with Crippen LogP contribution in [0, 0.1) is 16.2 Å². The average molecular weight is 1240 g/mol. The summed E-state index contributed by atoms with van der Waals surface area (Å²) >= 11 is 0. The molecule has 0 spiro atoms. The van der Waals surface area contributed by atoms with Gasteiger partial charge in [-0.25, -0.2) is 0 Å². The zero-order valence-corrected chi connectivity index (χ0v) is 54.1. The maximum absolute atomic E-state index is 11.5. The molecule has 9 N–H and O–H groups in total. The Morgan fingerprint density at radius 1 is 0.393 bits per heavy atom. The lowest BCUT2D eigenvalue weighted by molar-refractivity contribution is -0.166. The van der Waals surface area contributed by atoms with Gasteiger partial charge in [0.15, 0.2) is 27.7 Å². The lowest BCUT2D eigenvalue weighted by atomic mass is 9.86. The first-order valence-electron chi connectivity index (χ1n) is 33.6. The van der Waals surface area contributed by atoms with Crippen LogP contribution in [0.5, 0.6) is 17.2 Å². The van der Waals surface area contributed by atoms with Gasteiger partial charge >= 0.3 is 35.8 Å². The van der Waals surface area contributed by atoms with Gasteiger partial charge in [-0.05, 0) is 130 Å². The summed E-state index contributed by atoms with van der Waals surface area (Å²) in [6.45, 7) is 9.83. The highest BCUT2D eigenvalue weighted by atomic mass is 16.5. The van der Waals surface area contributed by atoms with Gasteiger partial charge in [0.25, 0.3) is 0 Å². The van der Waals surface area contributed by atoms with E-state index in [-0.39, 0.29) is 56.7 Å².